The maximum Gasteiger partial charge on any atom is 0.307 e. The van der Waals surface area contributed by atoms with E-state index in [1.807, 2.05) is 19.2 Å². The van der Waals surface area contributed by atoms with Gasteiger partial charge in [0.1, 0.15) is 0 Å². The lowest BCUT2D eigenvalue weighted by atomic mass is 10.2. The monoisotopic (exact) mass is 272 g/mol. The van der Waals surface area contributed by atoms with E-state index in [0.29, 0.717) is 25.9 Å². The summed E-state index contributed by atoms with van der Waals surface area (Å²) < 4.78 is 1.69. The molecule has 0 aliphatic rings. The maximum absolute atomic E-state index is 11.5. The molecule has 1 aromatic heterocycles. The molecule has 0 saturated heterocycles. The molecule has 1 rings (SSSR count). The normalized spacial score (nSPS) is 12.4. The third kappa shape index (κ3) is 4.62. The molecule has 1 atom stereocenters. The van der Waals surface area contributed by atoms with E-state index in [9.17, 15) is 9.59 Å². The van der Waals surface area contributed by atoms with Gasteiger partial charge in [-0.15, -0.1) is 0 Å². The van der Waals surface area contributed by atoms with E-state index in [1.54, 1.807) is 4.57 Å². The fraction of sp³-hybridized carbons (Fsp3) is 0.667. The number of carbonyl (C=O) groups is 1. The SMILES string of the molecule is Cc1csc(=O)n1CCCC(=O)NCC(C)CO. The number of nitrogens with one attached hydrogen (secondary N) is 1. The fourth-order valence-electron chi connectivity index (χ4n) is 1.51. The van der Waals surface area contributed by atoms with E-state index in [4.69, 9.17) is 5.11 Å². The number of nitrogens with zero attached hydrogens (tertiary/aromatic N) is 1. The van der Waals surface area contributed by atoms with Gasteiger partial charge in [-0.2, -0.15) is 0 Å². The zero-order valence-electron chi connectivity index (χ0n) is 10.8. The Morgan fingerprint density at radius 3 is 2.89 bits per heavy atom. The summed E-state index contributed by atoms with van der Waals surface area (Å²) >= 11 is 1.19. The summed E-state index contributed by atoms with van der Waals surface area (Å²) in [6.45, 7) is 4.91. The minimum atomic E-state index is -0.0313. The molecule has 0 spiro atoms. The number of rotatable bonds is 7. The van der Waals surface area contributed by atoms with Crippen molar-refractivity contribution in [1.29, 1.82) is 0 Å². The van der Waals surface area contributed by atoms with Crippen LogP contribution in [0.25, 0.3) is 0 Å². The van der Waals surface area contributed by atoms with E-state index >= 15 is 0 Å². The zero-order chi connectivity index (χ0) is 13.5. The highest BCUT2D eigenvalue weighted by Crippen LogP contribution is 2.02. The Balaban J connectivity index is 2.26. The molecule has 1 heterocycles. The lowest BCUT2D eigenvalue weighted by Crippen LogP contribution is -2.29. The summed E-state index contributed by atoms with van der Waals surface area (Å²) in [4.78, 5) is 22.9. The summed E-state index contributed by atoms with van der Waals surface area (Å²) in [7, 11) is 0. The second-order valence-electron chi connectivity index (χ2n) is 4.49. The first-order valence-electron chi connectivity index (χ1n) is 6.07. The molecule has 0 saturated carbocycles. The minimum absolute atomic E-state index is 0.0295. The quantitative estimate of drug-likeness (QED) is 0.769. The molecule has 6 heteroatoms. The van der Waals surface area contributed by atoms with Gasteiger partial charge in [0.25, 0.3) is 0 Å². The molecule has 1 aromatic rings. The number of hydrogen-bond acceptors (Lipinski definition) is 4. The summed E-state index contributed by atoms with van der Waals surface area (Å²) in [6, 6.07) is 0. The predicted molar refractivity (Wildman–Crippen MR) is 71.8 cm³/mol. The molecular formula is C12H20N2O3S. The van der Waals surface area contributed by atoms with Crippen LogP contribution in [0.1, 0.15) is 25.5 Å². The van der Waals surface area contributed by atoms with Crippen LogP contribution in [0.5, 0.6) is 0 Å². The van der Waals surface area contributed by atoms with Crippen molar-refractivity contribution in [2.45, 2.75) is 33.2 Å². The van der Waals surface area contributed by atoms with Crippen LogP contribution in [0.15, 0.2) is 10.2 Å². The molecule has 0 bridgehead atoms. The summed E-state index contributed by atoms with van der Waals surface area (Å²) in [6.07, 6.45) is 1.05. The average molecular weight is 272 g/mol. The van der Waals surface area contributed by atoms with Crippen molar-refractivity contribution in [2.75, 3.05) is 13.2 Å². The van der Waals surface area contributed by atoms with Crippen LogP contribution < -0.4 is 10.2 Å². The molecule has 0 fully saturated rings. The molecule has 5 nitrogen and oxygen atoms in total. The van der Waals surface area contributed by atoms with Crippen LogP contribution in [0.2, 0.25) is 0 Å². The molecule has 18 heavy (non-hydrogen) atoms. The Labute approximate surface area is 110 Å². The van der Waals surface area contributed by atoms with Gasteiger partial charge in [0.2, 0.25) is 5.91 Å². The molecule has 0 radical (unpaired) electrons. The standard InChI is InChI=1S/C12H20N2O3S/c1-9(7-15)6-13-11(16)4-3-5-14-10(2)8-18-12(14)17/h8-9,15H,3-7H2,1-2H3,(H,13,16). The van der Waals surface area contributed by atoms with Crippen LogP contribution in [0.4, 0.5) is 0 Å². The number of thiazole rings is 1. The van der Waals surface area contributed by atoms with Gasteiger partial charge in [0.05, 0.1) is 0 Å². The first kappa shape index (κ1) is 14.9. The molecule has 1 unspecified atom stereocenters. The molecule has 2 N–H and O–H groups in total. The van der Waals surface area contributed by atoms with Gasteiger partial charge in [-0.3, -0.25) is 9.59 Å². The van der Waals surface area contributed by atoms with Gasteiger partial charge in [0.15, 0.2) is 0 Å². The van der Waals surface area contributed by atoms with Crippen LogP contribution in [0.3, 0.4) is 0 Å². The maximum atomic E-state index is 11.5. The topological polar surface area (TPSA) is 71.3 Å². The van der Waals surface area contributed by atoms with Crippen LogP contribution in [-0.2, 0) is 11.3 Å². The van der Waals surface area contributed by atoms with E-state index < -0.39 is 0 Å². The number of aliphatic hydroxyl groups is 1. The lowest BCUT2D eigenvalue weighted by molar-refractivity contribution is -0.121. The highest BCUT2D eigenvalue weighted by Gasteiger charge is 2.06. The zero-order valence-corrected chi connectivity index (χ0v) is 11.6. The lowest BCUT2D eigenvalue weighted by Gasteiger charge is -2.09. The van der Waals surface area contributed by atoms with E-state index in [0.717, 1.165) is 5.69 Å². The van der Waals surface area contributed by atoms with Crippen LogP contribution in [-0.4, -0.2) is 28.7 Å². The van der Waals surface area contributed by atoms with Gasteiger partial charge in [-0.05, 0) is 19.3 Å². The number of carbonyl (C=O) groups excluding carboxylic acids is 1. The molecule has 1 amide bonds. The summed E-state index contributed by atoms with van der Waals surface area (Å²) in [5, 5.41) is 13.4. The predicted octanol–water partition coefficient (Wildman–Crippen LogP) is 0.743. The number of aryl methyl sites for hydroxylation is 1. The molecular weight excluding hydrogens is 252 g/mol. The summed E-state index contributed by atoms with van der Waals surface area (Å²) in [5.41, 5.74) is 0.944. The highest BCUT2D eigenvalue weighted by molar-refractivity contribution is 7.07. The van der Waals surface area contributed by atoms with Crippen molar-refractivity contribution < 1.29 is 9.90 Å². The van der Waals surface area contributed by atoms with Crippen molar-refractivity contribution >= 4 is 17.2 Å². The van der Waals surface area contributed by atoms with Gasteiger partial charge < -0.3 is 15.0 Å². The number of hydrogen-bond donors (Lipinski definition) is 2. The van der Waals surface area contributed by atoms with Crippen LogP contribution >= 0.6 is 11.3 Å². The third-order valence-electron chi connectivity index (χ3n) is 2.72. The van der Waals surface area contributed by atoms with Crippen LogP contribution in [0, 0.1) is 12.8 Å². The average Bonchev–Trinajstić information content (AvgIpc) is 2.67. The highest BCUT2D eigenvalue weighted by atomic mass is 32.1. The first-order chi connectivity index (χ1) is 8.54. The largest absolute Gasteiger partial charge is 0.396 e. The number of aromatic nitrogens is 1. The fourth-order valence-corrected chi connectivity index (χ4v) is 2.27. The first-order valence-corrected chi connectivity index (χ1v) is 6.95. The Kier molecular flexibility index (Phi) is 6.07. The molecule has 0 aliphatic carbocycles. The van der Waals surface area contributed by atoms with Gasteiger partial charge >= 0.3 is 4.87 Å². The minimum Gasteiger partial charge on any atom is -0.396 e. The van der Waals surface area contributed by atoms with E-state index in [1.165, 1.54) is 11.3 Å². The Morgan fingerprint density at radius 1 is 1.61 bits per heavy atom. The van der Waals surface area contributed by atoms with Crippen molar-refractivity contribution in [3.8, 4) is 0 Å². The van der Waals surface area contributed by atoms with Gasteiger partial charge in [0, 0.05) is 37.2 Å². The van der Waals surface area contributed by atoms with Crippen molar-refractivity contribution in [3.63, 3.8) is 0 Å². The molecule has 102 valence electrons. The number of amides is 1. The summed E-state index contributed by atoms with van der Waals surface area (Å²) in [5.74, 6) is 0.0481. The Morgan fingerprint density at radius 2 is 2.33 bits per heavy atom. The van der Waals surface area contributed by atoms with Crippen molar-refractivity contribution in [2.24, 2.45) is 5.92 Å². The van der Waals surface area contributed by atoms with E-state index in [2.05, 4.69) is 5.32 Å². The number of aliphatic hydroxyl groups excluding tert-OH is 1. The van der Waals surface area contributed by atoms with Gasteiger partial charge in [-0.25, -0.2) is 0 Å². The third-order valence-corrected chi connectivity index (χ3v) is 3.60. The van der Waals surface area contributed by atoms with Crippen molar-refractivity contribution in [3.05, 3.63) is 20.7 Å². The second kappa shape index (κ2) is 7.33. The van der Waals surface area contributed by atoms with Gasteiger partial charge in [-0.1, -0.05) is 18.3 Å². The smallest absolute Gasteiger partial charge is 0.307 e. The molecule has 0 aliphatic heterocycles. The Hall–Kier alpha value is -1.14. The van der Waals surface area contributed by atoms with Crippen molar-refractivity contribution in [1.82, 2.24) is 9.88 Å². The Bertz CT molecular complexity index is 439. The second-order valence-corrected chi connectivity index (χ2v) is 5.31. The van der Waals surface area contributed by atoms with E-state index in [-0.39, 0.29) is 23.3 Å². The molecule has 0 aromatic carbocycles.